The lowest BCUT2D eigenvalue weighted by atomic mass is 9.80. The number of rotatable bonds is 4. The molecule has 25 heavy (non-hydrogen) atoms. The first-order chi connectivity index (χ1) is 12.1. The van der Waals surface area contributed by atoms with E-state index in [1.165, 1.54) is 22.3 Å². The van der Waals surface area contributed by atoms with Crippen molar-refractivity contribution in [2.75, 3.05) is 0 Å². The molecule has 0 saturated carbocycles. The van der Waals surface area contributed by atoms with Crippen LogP contribution in [0.5, 0.6) is 0 Å². The van der Waals surface area contributed by atoms with E-state index in [4.69, 9.17) is 11.5 Å². The van der Waals surface area contributed by atoms with Gasteiger partial charge in [0.05, 0.1) is 0 Å². The lowest BCUT2D eigenvalue weighted by Crippen LogP contribution is -2.24. The third kappa shape index (κ3) is 3.63. The van der Waals surface area contributed by atoms with Crippen molar-refractivity contribution in [2.45, 2.75) is 32.6 Å². The molecular weight excluding hydrogens is 310 g/mol. The Kier molecular flexibility index (Phi) is 4.98. The van der Waals surface area contributed by atoms with Crippen molar-refractivity contribution in [2.24, 2.45) is 16.5 Å². The molecule has 0 radical (unpaired) electrons. The zero-order valence-electron chi connectivity index (χ0n) is 14.5. The van der Waals surface area contributed by atoms with Crippen LogP contribution in [0.3, 0.4) is 0 Å². The van der Waals surface area contributed by atoms with E-state index < -0.39 is 5.91 Å². The monoisotopic (exact) mass is 333 g/mol. The fourth-order valence-electron chi connectivity index (χ4n) is 3.46. The quantitative estimate of drug-likeness (QED) is 0.662. The van der Waals surface area contributed by atoms with Crippen LogP contribution in [0.2, 0.25) is 0 Å². The van der Waals surface area contributed by atoms with Gasteiger partial charge < -0.3 is 11.5 Å². The maximum Gasteiger partial charge on any atom is 0.280 e. The molecule has 2 aromatic carbocycles. The van der Waals surface area contributed by atoms with Gasteiger partial charge in [-0.25, -0.2) is 0 Å². The van der Waals surface area contributed by atoms with Crippen LogP contribution in [-0.2, 0) is 6.42 Å². The minimum atomic E-state index is -0.405. The average molecular weight is 333 g/mol. The van der Waals surface area contributed by atoms with E-state index in [-0.39, 0.29) is 5.96 Å². The van der Waals surface area contributed by atoms with Gasteiger partial charge in [0.2, 0.25) is 0 Å². The van der Waals surface area contributed by atoms with E-state index in [1.807, 2.05) is 18.2 Å². The Morgan fingerprint density at radius 2 is 1.84 bits per heavy atom. The van der Waals surface area contributed by atoms with Crippen LogP contribution in [0.1, 0.15) is 53.2 Å². The molecule has 0 spiro atoms. The van der Waals surface area contributed by atoms with E-state index in [1.54, 1.807) is 6.07 Å². The van der Waals surface area contributed by atoms with Gasteiger partial charge in [-0.05, 0) is 53.7 Å². The summed E-state index contributed by atoms with van der Waals surface area (Å²) in [6.45, 7) is 2.20. The molecule has 4 N–H and O–H groups in total. The summed E-state index contributed by atoms with van der Waals surface area (Å²) in [5.74, 6) is -0.619. The summed E-state index contributed by atoms with van der Waals surface area (Å²) in [7, 11) is 0. The summed E-state index contributed by atoms with van der Waals surface area (Å²) in [6.07, 6.45) is 4.23. The summed E-state index contributed by atoms with van der Waals surface area (Å²) >= 11 is 0. The van der Waals surface area contributed by atoms with Gasteiger partial charge >= 0.3 is 0 Å². The topological polar surface area (TPSA) is 81.5 Å². The van der Waals surface area contributed by atoms with Crippen molar-refractivity contribution in [3.63, 3.8) is 0 Å². The standard InChI is InChI=1S/C21H23N3O/c1-2-6-15-11-9-14-10-12-17(20(25)24-21(22)23)13-18(14)19(15)16-7-4-3-5-8-16/h3-5,7-8,10,12-13H,2,6,9,11H2,1H3,(H4,22,23,24,25). The second-order valence-electron chi connectivity index (χ2n) is 6.31. The summed E-state index contributed by atoms with van der Waals surface area (Å²) in [5, 5.41) is 0. The van der Waals surface area contributed by atoms with Crippen LogP contribution < -0.4 is 11.5 Å². The van der Waals surface area contributed by atoms with E-state index in [2.05, 4.69) is 36.2 Å². The molecule has 128 valence electrons. The minimum absolute atomic E-state index is 0.215. The largest absolute Gasteiger partial charge is 0.370 e. The highest BCUT2D eigenvalue weighted by Gasteiger charge is 2.21. The summed E-state index contributed by atoms with van der Waals surface area (Å²) < 4.78 is 0. The SMILES string of the molecule is CCCC1=C(c2ccccc2)c2cc(C(=O)N=C(N)N)ccc2CC1. The van der Waals surface area contributed by atoms with Gasteiger partial charge in [-0.3, -0.25) is 4.79 Å². The molecule has 0 saturated heterocycles. The summed E-state index contributed by atoms with van der Waals surface area (Å²) in [4.78, 5) is 15.9. The summed E-state index contributed by atoms with van der Waals surface area (Å²) in [5.41, 5.74) is 17.5. The number of carbonyl (C=O) groups excluding carboxylic acids is 1. The first kappa shape index (κ1) is 17.0. The number of hydrogen-bond acceptors (Lipinski definition) is 1. The van der Waals surface area contributed by atoms with E-state index in [0.717, 1.165) is 31.2 Å². The highest BCUT2D eigenvalue weighted by atomic mass is 16.1. The number of carbonyl (C=O) groups is 1. The third-order valence-corrected chi connectivity index (χ3v) is 4.52. The fraction of sp³-hybridized carbons (Fsp3) is 0.238. The molecule has 0 unspecified atom stereocenters. The normalized spacial score (nSPS) is 13.3. The molecule has 0 aromatic heterocycles. The molecule has 0 bridgehead atoms. The van der Waals surface area contributed by atoms with Crippen molar-refractivity contribution in [3.05, 3.63) is 76.4 Å². The molecule has 1 aliphatic carbocycles. The van der Waals surface area contributed by atoms with Crippen molar-refractivity contribution in [1.29, 1.82) is 0 Å². The van der Waals surface area contributed by atoms with Crippen LogP contribution in [0.25, 0.3) is 5.57 Å². The van der Waals surface area contributed by atoms with Crippen LogP contribution in [0.4, 0.5) is 0 Å². The van der Waals surface area contributed by atoms with Gasteiger partial charge in [-0.2, -0.15) is 4.99 Å². The predicted octanol–water partition coefficient (Wildman–Crippen LogP) is 3.65. The number of guanidine groups is 1. The maximum atomic E-state index is 12.2. The zero-order valence-corrected chi connectivity index (χ0v) is 14.5. The molecule has 4 heteroatoms. The van der Waals surface area contributed by atoms with Gasteiger partial charge in [-0.1, -0.05) is 55.3 Å². The van der Waals surface area contributed by atoms with Gasteiger partial charge in [0.25, 0.3) is 5.91 Å². The van der Waals surface area contributed by atoms with Crippen LogP contribution >= 0.6 is 0 Å². The van der Waals surface area contributed by atoms with Crippen molar-refractivity contribution in [3.8, 4) is 0 Å². The van der Waals surface area contributed by atoms with Gasteiger partial charge in [0.15, 0.2) is 5.96 Å². The number of nitrogens with zero attached hydrogens (tertiary/aromatic N) is 1. The number of allylic oxidation sites excluding steroid dienone is 1. The average Bonchev–Trinajstić information content (AvgIpc) is 2.61. The molecule has 3 rings (SSSR count). The Labute approximate surface area is 148 Å². The predicted molar refractivity (Wildman–Crippen MR) is 102 cm³/mol. The zero-order chi connectivity index (χ0) is 17.8. The molecule has 0 heterocycles. The number of benzene rings is 2. The Morgan fingerprint density at radius 1 is 1.08 bits per heavy atom. The Balaban J connectivity index is 2.15. The van der Waals surface area contributed by atoms with Crippen molar-refractivity contribution < 1.29 is 4.79 Å². The first-order valence-corrected chi connectivity index (χ1v) is 8.65. The Morgan fingerprint density at radius 3 is 2.52 bits per heavy atom. The van der Waals surface area contributed by atoms with E-state index in [0.29, 0.717) is 5.56 Å². The lowest BCUT2D eigenvalue weighted by molar-refractivity contribution is 0.100. The molecule has 0 fully saturated rings. The molecule has 4 nitrogen and oxygen atoms in total. The molecule has 0 atom stereocenters. The first-order valence-electron chi connectivity index (χ1n) is 8.65. The summed E-state index contributed by atoms with van der Waals surface area (Å²) in [6, 6.07) is 16.1. The van der Waals surface area contributed by atoms with Crippen LogP contribution in [0, 0.1) is 0 Å². The number of aryl methyl sites for hydroxylation is 1. The maximum absolute atomic E-state index is 12.2. The van der Waals surface area contributed by atoms with Crippen molar-refractivity contribution >= 4 is 17.4 Å². The number of amides is 1. The second-order valence-corrected chi connectivity index (χ2v) is 6.31. The number of hydrogen-bond donors (Lipinski definition) is 2. The van der Waals surface area contributed by atoms with Crippen molar-refractivity contribution in [1.82, 2.24) is 0 Å². The molecule has 0 aliphatic heterocycles. The third-order valence-electron chi connectivity index (χ3n) is 4.52. The van der Waals surface area contributed by atoms with E-state index >= 15 is 0 Å². The second kappa shape index (κ2) is 7.34. The molecule has 1 amide bonds. The number of nitrogens with two attached hydrogens (primary N) is 2. The Bertz CT molecular complexity index is 847. The van der Waals surface area contributed by atoms with Crippen LogP contribution in [-0.4, -0.2) is 11.9 Å². The Hall–Kier alpha value is -2.88. The van der Waals surface area contributed by atoms with Gasteiger partial charge in [0.1, 0.15) is 0 Å². The molecule has 1 aliphatic rings. The smallest absolute Gasteiger partial charge is 0.280 e. The lowest BCUT2D eigenvalue weighted by Gasteiger charge is -2.24. The highest BCUT2D eigenvalue weighted by Crippen LogP contribution is 2.38. The van der Waals surface area contributed by atoms with Gasteiger partial charge in [0, 0.05) is 5.56 Å². The molecular formula is C21H23N3O. The fourth-order valence-corrected chi connectivity index (χ4v) is 3.46. The van der Waals surface area contributed by atoms with E-state index in [9.17, 15) is 4.79 Å². The number of fused-ring (bicyclic) bond motifs is 1. The minimum Gasteiger partial charge on any atom is -0.370 e. The number of aliphatic imine (C=N–C) groups is 1. The molecule has 2 aromatic rings. The highest BCUT2D eigenvalue weighted by molar-refractivity contribution is 6.03. The van der Waals surface area contributed by atoms with Crippen LogP contribution in [0.15, 0.2) is 59.1 Å². The van der Waals surface area contributed by atoms with Gasteiger partial charge in [-0.15, -0.1) is 0 Å².